The van der Waals surface area contributed by atoms with E-state index < -0.39 is 23.5 Å². The van der Waals surface area contributed by atoms with Crippen molar-refractivity contribution in [1.29, 1.82) is 0 Å². The minimum absolute atomic E-state index is 0.0256. The molecule has 5 atom stereocenters. The molecule has 1 heterocycles. The number of hydrogen-bond donors (Lipinski definition) is 3. The summed E-state index contributed by atoms with van der Waals surface area (Å²) in [4.78, 5) is 27.0. The quantitative estimate of drug-likeness (QED) is 0.260. The molecule has 224 valence electrons. The number of ether oxygens (including phenoxy) is 1. The molecule has 1 aliphatic heterocycles. The van der Waals surface area contributed by atoms with Gasteiger partial charge in [0.05, 0.1) is 18.2 Å². The van der Waals surface area contributed by atoms with E-state index in [4.69, 9.17) is 4.74 Å². The number of methoxy groups -OCH3 is 1. The number of nitrogens with one attached hydrogen (secondary N) is 3. The van der Waals surface area contributed by atoms with Gasteiger partial charge in [-0.2, -0.15) is 13.2 Å². The van der Waals surface area contributed by atoms with Crippen LogP contribution in [0.4, 0.5) is 23.2 Å². The van der Waals surface area contributed by atoms with Crippen LogP contribution >= 0.6 is 0 Å². The summed E-state index contributed by atoms with van der Waals surface area (Å²) in [7, 11) is 1.53. The van der Waals surface area contributed by atoms with Gasteiger partial charge in [0.15, 0.2) is 0 Å². The zero-order valence-corrected chi connectivity index (χ0v) is 23.4. The fourth-order valence-corrected chi connectivity index (χ4v) is 7.19. The molecule has 2 aromatic carbocycles. The Morgan fingerprint density at radius 1 is 1.05 bits per heavy atom. The van der Waals surface area contributed by atoms with E-state index >= 15 is 0 Å². The van der Waals surface area contributed by atoms with Crippen LogP contribution < -0.4 is 20.7 Å². The monoisotopic (exact) mass is 585 g/mol. The second-order valence-corrected chi connectivity index (χ2v) is 12.1. The Hall–Kier alpha value is -3.40. The predicted octanol–water partition coefficient (Wildman–Crippen LogP) is 6.05. The van der Waals surface area contributed by atoms with Crippen molar-refractivity contribution in [3.8, 4) is 5.75 Å². The SMILES string of the molecule is COc1ccc(C2CCNC2)cc1C(=O)N[C@@H]1[C@@H](CC(=O)Nc2ccc(F)c(C(F)(F)F)c2)[C@H]2CC[C@@H]1/C2=C\C1CC1. The van der Waals surface area contributed by atoms with Crippen molar-refractivity contribution in [2.45, 2.75) is 56.7 Å². The van der Waals surface area contributed by atoms with Crippen LogP contribution in [0.3, 0.4) is 0 Å². The number of alkyl halides is 3. The molecule has 0 spiro atoms. The lowest BCUT2D eigenvalue weighted by Gasteiger charge is -2.31. The third-order valence-corrected chi connectivity index (χ3v) is 9.38. The summed E-state index contributed by atoms with van der Waals surface area (Å²) in [6, 6.07) is 7.86. The van der Waals surface area contributed by atoms with Crippen LogP contribution in [0.15, 0.2) is 48.0 Å². The summed E-state index contributed by atoms with van der Waals surface area (Å²) in [6.45, 7) is 1.78. The maximum Gasteiger partial charge on any atom is 0.419 e. The molecule has 2 aromatic rings. The molecule has 1 unspecified atom stereocenters. The number of fused-ring (bicyclic) bond motifs is 2. The normalized spacial score (nSPS) is 27.8. The number of rotatable bonds is 8. The van der Waals surface area contributed by atoms with Crippen LogP contribution in [-0.2, 0) is 11.0 Å². The molecule has 1 saturated heterocycles. The van der Waals surface area contributed by atoms with Crippen molar-refractivity contribution < 1.29 is 31.9 Å². The fraction of sp³-hybridized carbons (Fsp3) is 0.500. The van der Waals surface area contributed by atoms with E-state index in [2.05, 4.69) is 22.0 Å². The van der Waals surface area contributed by atoms with E-state index in [0.29, 0.717) is 35.3 Å². The molecule has 3 saturated carbocycles. The summed E-state index contributed by atoms with van der Waals surface area (Å²) in [6.07, 6.45) is 2.54. The smallest absolute Gasteiger partial charge is 0.419 e. The number of anilines is 1. The van der Waals surface area contributed by atoms with Gasteiger partial charge < -0.3 is 20.7 Å². The topological polar surface area (TPSA) is 79.5 Å². The van der Waals surface area contributed by atoms with Gasteiger partial charge in [-0.15, -0.1) is 0 Å². The Kier molecular flexibility index (Phi) is 7.76. The predicted molar refractivity (Wildman–Crippen MR) is 150 cm³/mol. The number of amides is 2. The van der Waals surface area contributed by atoms with Gasteiger partial charge in [0.2, 0.25) is 5.91 Å². The maximum atomic E-state index is 13.8. The first-order valence-electron chi connectivity index (χ1n) is 14.7. The molecular weight excluding hydrogens is 550 g/mol. The van der Waals surface area contributed by atoms with Crippen LogP contribution in [0.5, 0.6) is 5.75 Å². The first-order chi connectivity index (χ1) is 20.1. The lowest BCUT2D eigenvalue weighted by atomic mass is 9.81. The van der Waals surface area contributed by atoms with Gasteiger partial charge >= 0.3 is 6.18 Å². The van der Waals surface area contributed by atoms with Gasteiger partial charge in [-0.25, -0.2) is 4.39 Å². The number of carbonyl (C=O) groups is 2. The number of hydrogen-bond acceptors (Lipinski definition) is 4. The summed E-state index contributed by atoms with van der Waals surface area (Å²) in [5.41, 5.74) is 1.27. The molecule has 3 N–H and O–H groups in total. The molecular formula is C32H35F4N3O3. The number of benzene rings is 2. The van der Waals surface area contributed by atoms with E-state index in [1.54, 1.807) is 0 Å². The van der Waals surface area contributed by atoms with Crippen molar-refractivity contribution in [3.63, 3.8) is 0 Å². The summed E-state index contributed by atoms with van der Waals surface area (Å²) in [5.74, 6) is -0.792. The highest BCUT2D eigenvalue weighted by atomic mass is 19.4. The Morgan fingerprint density at radius 2 is 1.83 bits per heavy atom. The van der Waals surface area contributed by atoms with Gasteiger partial charge in [-0.05, 0) is 98.2 Å². The summed E-state index contributed by atoms with van der Waals surface area (Å²) < 4.78 is 59.0. The highest BCUT2D eigenvalue weighted by Gasteiger charge is 2.52. The minimum Gasteiger partial charge on any atom is -0.496 e. The van der Waals surface area contributed by atoms with Crippen LogP contribution in [-0.4, -0.2) is 38.1 Å². The Bertz CT molecular complexity index is 1400. The third kappa shape index (κ3) is 5.78. The maximum absolute atomic E-state index is 13.8. The van der Waals surface area contributed by atoms with E-state index in [1.807, 2.05) is 18.2 Å². The zero-order valence-electron chi connectivity index (χ0n) is 23.4. The largest absolute Gasteiger partial charge is 0.496 e. The molecule has 4 aliphatic rings. The Labute approximate surface area is 242 Å². The van der Waals surface area contributed by atoms with Gasteiger partial charge in [-0.1, -0.05) is 17.7 Å². The van der Waals surface area contributed by atoms with Crippen molar-refractivity contribution in [3.05, 3.63) is 70.6 Å². The van der Waals surface area contributed by atoms with Crippen molar-refractivity contribution >= 4 is 17.5 Å². The highest BCUT2D eigenvalue weighted by molar-refractivity contribution is 5.97. The molecule has 6 rings (SSSR count). The fourth-order valence-electron chi connectivity index (χ4n) is 7.19. The molecule has 4 fully saturated rings. The van der Waals surface area contributed by atoms with E-state index in [9.17, 15) is 27.2 Å². The average Bonchev–Trinajstić information content (AvgIpc) is 3.33. The number of carbonyl (C=O) groups excluding carboxylic acids is 2. The minimum atomic E-state index is -4.88. The van der Waals surface area contributed by atoms with Crippen molar-refractivity contribution in [2.75, 3.05) is 25.5 Å². The van der Waals surface area contributed by atoms with E-state index in [0.717, 1.165) is 56.8 Å². The molecule has 6 nitrogen and oxygen atoms in total. The second-order valence-electron chi connectivity index (χ2n) is 12.1. The van der Waals surface area contributed by atoms with Gasteiger partial charge in [0.25, 0.3) is 5.91 Å². The third-order valence-electron chi connectivity index (χ3n) is 9.38. The molecule has 3 aliphatic carbocycles. The zero-order chi connectivity index (χ0) is 29.6. The van der Waals surface area contributed by atoms with Crippen molar-refractivity contribution in [1.82, 2.24) is 10.6 Å². The highest BCUT2D eigenvalue weighted by Crippen LogP contribution is 2.55. The van der Waals surface area contributed by atoms with Crippen LogP contribution in [0.1, 0.15) is 65.9 Å². The lowest BCUT2D eigenvalue weighted by molar-refractivity contribution is -0.140. The van der Waals surface area contributed by atoms with E-state index in [1.165, 1.54) is 12.7 Å². The Morgan fingerprint density at radius 3 is 2.52 bits per heavy atom. The van der Waals surface area contributed by atoms with Crippen molar-refractivity contribution in [2.24, 2.45) is 23.7 Å². The van der Waals surface area contributed by atoms with E-state index in [-0.39, 0.29) is 41.8 Å². The summed E-state index contributed by atoms with van der Waals surface area (Å²) >= 11 is 0. The molecule has 42 heavy (non-hydrogen) atoms. The summed E-state index contributed by atoms with van der Waals surface area (Å²) in [5, 5.41) is 9.13. The van der Waals surface area contributed by atoms with Crippen LogP contribution in [0, 0.1) is 29.5 Å². The molecule has 2 amide bonds. The molecule has 0 aromatic heterocycles. The number of halogens is 4. The standard InChI is InChI=1S/C32H35F4N3O3/c1-42-28-9-4-18(19-10-11-37-16-19)13-25(28)31(41)39-30-22-7-6-21(23(22)12-17-2-3-17)24(30)15-29(40)38-20-5-8-27(33)26(14-20)32(34,35)36/h4-5,8-9,12-14,17,19,21-22,24,30,37H,2-3,6-7,10-11,15-16H2,1H3,(H,38,40)(H,39,41)/b23-12-/t19?,21-,22+,24-,30-/m0/s1. The average molecular weight is 586 g/mol. The molecule has 0 radical (unpaired) electrons. The first-order valence-corrected chi connectivity index (χ1v) is 14.7. The Balaban J connectivity index is 1.23. The van der Waals surface area contributed by atoms with Gasteiger partial charge in [0, 0.05) is 30.6 Å². The number of allylic oxidation sites excluding steroid dienone is 1. The molecule has 2 bridgehead atoms. The second kappa shape index (κ2) is 11.4. The lowest BCUT2D eigenvalue weighted by Crippen LogP contribution is -2.45. The molecule has 10 heteroatoms. The van der Waals surface area contributed by atoms with Crippen LogP contribution in [0.25, 0.3) is 0 Å². The van der Waals surface area contributed by atoms with Crippen LogP contribution in [0.2, 0.25) is 0 Å². The first kappa shape index (κ1) is 28.7. The van der Waals surface area contributed by atoms with Gasteiger partial charge in [-0.3, -0.25) is 9.59 Å². The van der Waals surface area contributed by atoms with Gasteiger partial charge in [0.1, 0.15) is 11.6 Å².